The van der Waals surface area contributed by atoms with Gasteiger partial charge in [0.25, 0.3) is 0 Å². The Morgan fingerprint density at radius 2 is 1.82 bits per heavy atom. The number of hydrogen-bond donors (Lipinski definition) is 1. The van der Waals surface area contributed by atoms with Crippen LogP contribution in [0.5, 0.6) is 0 Å². The number of fused-ring (bicyclic) bond motifs is 1. The quantitative estimate of drug-likeness (QED) is 0.487. The molecule has 0 bridgehead atoms. The molecule has 1 fully saturated rings. The van der Waals surface area contributed by atoms with Crippen molar-refractivity contribution < 1.29 is 9.18 Å². The molecule has 2 aromatic carbocycles. The molecule has 1 aliphatic heterocycles. The molecule has 3 heterocycles. The Balaban J connectivity index is 1.22. The molecule has 5 rings (SSSR count). The predicted octanol–water partition coefficient (Wildman–Crippen LogP) is 4.11. The minimum Gasteiger partial charge on any atom is -0.356 e. The third kappa shape index (κ3) is 4.72. The van der Waals surface area contributed by atoms with Gasteiger partial charge in [-0.15, -0.1) is 0 Å². The van der Waals surface area contributed by atoms with Crippen LogP contribution in [0.2, 0.25) is 0 Å². The molecule has 1 amide bonds. The number of halogens is 1. The summed E-state index contributed by atoms with van der Waals surface area (Å²) in [5.41, 5.74) is 3.77. The molecule has 1 aliphatic rings. The van der Waals surface area contributed by atoms with Crippen molar-refractivity contribution in [3.05, 3.63) is 84.4 Å². The zero-order valence-electron chi connectivity index (χ0n) is 18.3. The fourth-order valence-corrected chi connectivity index (χ4v) is 4.39. The van der Waals surface area contributed by atoms with E-state index in [2.05, 4.69) is 32.4 Å². The number of hydrogen-bond acceptors (Lipinski definition) is 4. The van der Waals surface area contributed by atoms with Gasteiger partial charge in [-0.25, -0.2) is 13.9 Å². The normalized spacial score (nSPS) is 14.5. The highest BCUT2D eigenvalue weighted by molar-refractivity contribution is 5.79. The summed E-state index contributed by atoms with van der Waals surface area (Å²) >= 11 is 0. The molecule has 0 aliphatic carbocycles. The molecule has 0 spiro atoms. The van der Waals surface area contributed by atoms with Crippen LogP contribution in [0.1, 0.15) is 18.4 Å². The van der Waals surface area contributed by atoms with E-state index in [-0.39, 0.29) is 17.6 Å². The van der Waals surface area contributed by atoms with Crippen LogP contribution in [-0.4, -0.2) is 40.1 Å². The average Bonchev–Trinajstić information content (AvgIpc) is 3.30. The lowest BCUT2D eigenvalue weighted by Gasteiger charge is -2.32. The second-order valence-electron chi connectivity index (χ2n) is 8.41. The highest BCUT2D eigenvalue weighted by atomic mass is 19.1. The van der Waals surface area contributed by atoms with Gasteiger partial charge in [0.15, 0.2) is 5.82 Å². The van der Waals surface area contributed by atoms with Crippen molar-refractivity contribution in [2.24, 2.45) is 5.92 Å². The standard InChI is InChI=1S/C26H26FN5O/c27-22-8-6-20(7-9-22)23-18-24-25(28-14-17-32(24)30-23)31-15-11-21(12-16-31)26(33)29-13-10-19-4-2-1-3-5-19/h1-9,14,17-18,21H,10-13,15-16H2,(H,29,33). The molecule has 0 radical (unpaired) electrons. The predicted molar refractivity (Wildman–Crippen MR) is 126 cm³/mol. The SMILES string of the molecule is O=C(NCCc1ccccc1)C1CCN(c2nccn3nc(-c4ccc(F)cc4)cc23)CC1. The fraction of sp³-hybridized carbons (Fsp3) is 0.269. The van der Waals surface area contributed by atoms with Gasteiger partial charge in [0.05, 0.1) is 5.69 Å². The van der Waals surface area contributed by atoms with Crippen LogP contribution < -0.4 is 10.2 Å². The first-order valence-electron chi connectivity index (χ1n) is 11.3. The van der Waals surface area contributed by atoms with E-state index in [4.69, 9.17) is 0 Å². The summed E-state index contributed by atoms with van der Waals surface area (Å²) in [6.45, 7) is 2.19. The van der Waals surface area contributed by atoms with Crippen molar-refractivity contribution in [3.63, 3.8) is 0 Å². The topological polar surface area (TPSA) is 62.5 Å². The number of rotatable bonds is 6. The number of piperidine rings is 1. The summed E-state index contributed by atoms with van der Waals surface area (Å²) in [5.74, 6) is 0.759. The largest absolute Gasteiger partial charge is 0.356 e. The molecule has 2 aromatic heterocycles. The van der Waals surface area contributed by atoms with Crippen molar-refractivity contribution in [1.29, 1.82) is 0 Å². The Hall–Kier alpha value is -3.74. The molecule has 33 heavy (non-hydrogen) atoms. The van der Waals surface area contributed by atoms with Gasteiger partial charge in [0, 0.05) is 43.5 Å². The van der Waals surface area contributed by atoms with Crippen LogP contribution in [-0.2, 0) is 11.2 Å². The molecule has 7 heteroatoms. The van der Waals surface area contributed by atoms with Gasteiger partial charge in [-0.1, -0.05) is 30.3 Å². The lowest BCUT2D eigenvalue weighted by atomic mass is 9.95. The Bertz CT molecular complexity index is 1230. The van der Waals surface area contributed by atoms with Gasteiger partial charge in [-0.05, 0) is 55.2 Å². The number of carbonyl (C=O) groups excluding carboxylic acids is 1. The van der Waals surface area contributed by atoms with E-state index in [0.717, 1.165) is 54.9 Å². The zero-order valence-corrected chi connectivity index (χ0v) is 18.3. The number of nitrogens with one attached hydrogen (secondary N) is 1. The Morgan fingerprint density at radius 3 is 2.58 bits per heavy atom. The number of carbonyl (C=O) groups is 1. The maximum absolute atomic E-state index is 13.3. The van der Waals surface area contributed by atoms with Crippen LogP contribution in [0.25, 0.3) is 16.8 Å². The fourth-order valence-electron chi connectivity index (χ4n) is 4.39. The molecule has 1 saturated heterocycles. The highest BCUT2D eigenvalue weighted by Gasteiger charge is 2.26. The molecule has 0 atom stereocenters. The van der Waals surface area contributed by atoms with Crippen molar-refractivity contribution in [2.45, 2.75) is 19.3 Å². The van der Waals surface area contributed by atoms with Crippen LogP contribution in [0.4, 0.5) is 10.2 Å². The van der Waals surface area contributed by atoms with Crippen molar-refractivity contribution >= 4 is 17.2 Å². The molecule has 4 aromatic rings. The summed E-state index contributed by atoms with van der Waals surface area (Å²) in [6.07, 6.45) is 5.98. The summed E-state index contributed by atoms with van der Waals surface area (Å²) in [5, 5.41) is 7.73. The second-order valence-corrected chi connectivity index (χ2v) is 8.41. The third-order valence-electron chi connectivity index (χ3n) is 6.23. The lowest BCUT2D eigenvalue weighted by Crippen LogP contribution is -2.41. The van der Waals surface area contributed by atoms with E-state index in [1.807, 2.05) is 35.0 Å². The Kier molecular flexibility index (Phi) is 6.02. The zero-order chi connectivity index (χ0) is 22.6. The first-order valence-corrected chi connectivity index (χ1v) is 11.3. The molecule has 0 saturated carbocycles. The van der Waals surface area contributed by atoms with E-state index < -0.39 is 0 Å². The van der Waals surface area contributed by atoms with Gasteiger partial charge in [-0.3, -0.25) is 4.79 Å². The summed E-state index contributed by atoms with van der Waals surface area (Å²) < 4.78 is 15.1. The van der Waals surface area contributed by atoms with Crippen molar-refractivity contribution in [2.75, 3.05) is 24.5 Å². The number of amides is 1. The molecular formula is C26H26FN5O. The number of benzene rings is 2. The Labute approximate surface area is 192 Å². The lowest BCUT2D eigenvalue weighted by molar-refractivity contribution is -0.125. The van der Waals surface area contributed by atoms with Crippen LogP contribution in [0.3, 0.4) is 0 Å². The molecule has 6 nitrogen and oxygen atoms in total. The second kappa shape index (κ2) is 9.40. The van der Waals surface area contributed by atoms with Gasteiger partial charge in [0.1, 0.15) is 11.3 Å². The van der Waals surface area contributed by atoms with Crippen LogP contribution >= 0.6 is 0 Å². The van der Waals surface area contributed by atoms with E-state index >= 15 is 0 Å². The average molecular weight is 444 g/mol. The summed E-state index contributed by atoms with van der Waals surface area (Å²) in [7, 11) is 0. The van der Waals surface area contributed by atoms with E-state index in [9.17, 15) is 9.18 Å². The molecular weight excluding hydrogens is 417 g/mol. The maximum Gasteiger partial charge on any atom is 0.223 e. The minimum absolute atomic E-state index is 0.0245. The number of anilines is 1. The summed E-state index contributed by atoms with van der Waals surface area (Å²) in [4.78, 5) is 19.5. The van der Waals surface area contributed by atoms with Crippen molar-refractivity contribution in [3.8, 4) is 11.3 Å². The Morgan fingerprint density at radius 1 is 1.06 bits per heavy atom. The van der Waals surface area contributed by atoms with E-state index in [1.54, 1.807) is 18.3 Å². The smallest absolute Gasteiger partial charge is 0.223 e. The molecule has 168 valence electrons. The number of aromatic nitrogens is 3. The monoisotopic (exact) mass is 443 g/mol. The molecule has 1 N–H and O–H groups in total. The first-order chi connectivity index (χ1) is 16.2. The van der Waals surface area contributed by atoms with Gasteiger partial charge in [0.2, 0.25) is 5.91 Å². The third-order valence-corrected chi connectivity index (χ3v) is 6.23. The summed E-state index contributed by atoms with van der Waals surface area (Å²) in [6, 6.07) is 18.5. The minimum atomic E-state index is -0.267. The maximum atomic E-state index is 13.3. The van der Waals surface area contributed by atoms with Gasteiger partial charge in [-0.2, -0.15) is 5.10 Å². The first kappa shape index (κ1) is 21.1. The van der Waals surface area contributed by atoms with E-state index in [0.29, 0.717) is 6.54 Å². The van der Waals surface area contributed by atoms with Crippen molar-refractivity contribution in [1.82, 2.24) is 19.9 Å². The van der Waals surface area contributed by atoms with Gasteiger partial charge < -0.3 is 10.2 Å². The highest BCUT2D eigenvalue weighted by Crippen LogP contribution is 2.28. The molecule has 0 unspecified atom stereocenters. The van der Waals surface area contributed by atoms with E-state index in [1.165, 1.54) is 17.7 Å². The van der Waals surface area contributed by atoms with Crippen LogP contribution in [0, 0.1) is 11.7 Å². The van der Waals surface area contributed by atoms with Crippen LogP contribution in [0.15, 0.2) is 73.1 Å². The number of nitrogens with zero attached hydrogens (tertiary/aromatic N) is 4. The van der Waals surface area contributed by atoms with Gasteiger partial charge >= 0.3 is 0 Å².